The van der Waals surface area contributed by atoms with Gasteiger partial charge in [-0.2, -0.15) is 0 Å². The van der Waals surface area contributed by atoms with Gasteiger partial charge in [0.25, 0.3) is 5.69 Å². The third kappa shape index (κ3) is 5.11. The van der Waals surface area contributed by atoms with Crippen molar-refractivity contribution in [1.29, 1.82) is 0 Å². The maximum atomic E-state index is 12.3. The first-order chi connectivity index (χ1) is 12.3. The minimum absolute atomic E-state index is 0.0524. The molecule has 0 fully saturated rings. The molecule has 26 heavy (non-hydrogen) atoms. The van der Waals surface area contributed by atoms with Crippen LogP contribution in [0.4, 0.5) is 5.69 Å². The summed E-state index contributed by atoms with van der Waals surface area (Å²) in [7, 11) is -2.45. The number of hydrogen-bond acceptors (Lipinski definition) is 5. The summed E-state index contributed by atoms with van der Waals surface area (Å²) in [5.74, 6) is -0.237. The second kappa shape index (κ2) is 8.54. The maximum Gasteiger partial charge on any atom is 0.289 e. The van der Waals surface area contributed by atoms with Gasteiger partial charge < -0.3 is 4.90 Å². The molecule has 0 bridgehead atoms. The summed E-state index contributed by atoms with van der Waals surface area (Å²) in [6.45, 7) is 0.267. The Hall–Kier alpha value is -2.78. The number of para-hydroxylation sites is 1. The fourth-order valence-electron chi connectivity index (χ4n) is 2.34. The van der Waals surface area contributed by atoms with Crippen molar-refractivity contribution in [3.8, 4) is 0 Å². The predicted octanol–water partition coefficient (Wildman–Crippen LogP) is 1.92. The van der Waals surface area contributed by atoms with E-state index in [1.54, 1.807) is 7.05 Å². The van der Waals surface area contributed by atoms with Crippen LogP contribution in [-0.4, -0.2) is 37.7 Å². The van der Waals surface area contributed by atoms with Gasteiger partial charge in [0.2, 0.25) is 15.9 Å². The van der Waals surface area contributed by atoms with Crippen LogP contribution in [0.1, 0.15) is 12.0 Å². The molecule has 9 heteroatoms. The first-order valence-corrected chi connectivity index (χ1v) is 9.30. The van der Waals surface area contributed by atoms with Crippen LogP contribution in [0.2, 0.25) is 0 Å². The van der Waals surface area contributed by atoms with Crippen molar-refractivity contribution in [2.24, 2.45) is 0 Å². The Kier molecular flexibility index (Phi) is 6.42. The van der Waals surface area contributed by atoms with Crippen LogP contribution in [0.3, 0.4) is 0 Å². The average Bonchev–Trinajstić information content (AvgIpc) is 2.62. The van der Waals surface area contributed by atoms with E-state index in [0.29, 0.717) is 6.54 Å². The topological polar surface area (TPSA) is 110 Å². The van der Waals surface area contributed by atoms with E-state index in [9.17, 15) is 23.3 Å². The number of benzene rings is 2. The smallest absolute Gasteiger partial charge is 0.289 e. The Balaban J connectivity index is 1.94. The molecule has 1 N–H and O–H groups in total. The lowest BCUT2D eigenvalue weighted by molar-refractivity contribution is -0.387. The molecule has 0 unspecified atom stereocenters. The van der Waals surface area contributed by atoms with Crippen molar-refractivity contribution in [2.75, 3.05) is 13.6 Å². The van der Waals surface area contributed by atoms with Gasteiger partial charge >= 0.3 is 0 Å². The number of nitro benzene ring substituents is 1. The van der Waals surface area contributed by atoms with Gasteiger partial charge in [-0.05, 0) is 11.6 Å². The van der Waals surface area contributed by atoms with Gasteiger partial charge in [-0.15, -0.1) is 0 Å². The van der Waals surface area contributed by atoms with Gasteiger partial charge in [-0.1, -0.05) is 42.5 Å². The lowest BCUT2D eigenvalue weighted by Gasteiger charge is -2.17. The number of hydrogen-bond donors (Lipinski definition) is 1. The van der Waals surface area contributed by atoms with Crippen LogP contribution in [0.5, 0.6) is 0 Å². The van der Waals surface area contributed by atoms with Gasteiger partial charge in [0.15, 0.2) is 4.90 Å². The van der Waals surface area contributed by atoms with Crippen LogP contribution in [0.15, 0.2) is 59.5 Å². The van der Waals surface area contributed by atoms with E-state index in [4.69, 9.17) is 0 Å². The first kappa shape index (κ1) is 19.5. The minimum atomic E-state index is -4.08. The summed E-state index contributed by atoms with van der Waals surface area (Å²) in [5, 5.41) is 11.0. The van der Waals surface area contributed by atoms with E-state index in [2.05, 4.69) is 4.72 Å². The zero-order valence-corrected chi connectivity index (χ0v) is 15.0. The zero-order chi connectivity index (χ0) is 19.2. The predicted molar refractivity (Wildman–Crippen MR) is 95.8 cm³/mol. The molecule has 1 amide bonds. The van der Waals surface area contributed by atoms with Crippen molar-refractivity contribution in [2.45, 2.75) is 17.9 Å². The molecule has 0 aliphatic carbocycles. The van der Waals surface area contributed by atoms with Crippen molar-refractivity contribution < 1.29 is 18.1 Å². The van der Waals surface area contributed by atoms with E-state index >= 15 is 0 Å². The molecule has 0 atom stereocenters. The summed E-state index contributed by atoms with van der Waals surface area (Å²) >= 11 is 0. The highest BCUT2D eigenvalue weighted by Gasteiger charge is 2.25. The molecule has 2 aromatic rings. The molecule has 0 saturated carbocycles. The summed E-state index contributed by atoms with van der Waals surface area (Å²) < 4.78 is 26.8. The molecule has 0 saturated heterocycles. The number of nitrogens with zero attached hydrogens (tertiary/aromatic N) is 2. The normalized spacial score (nSPS) is 11.1. The molecular weight excluding hydrogens is 358 g/mol. The van der Waals surface area contributed by atoms with Gasteiger partial charge in [0.05, 0.1) is 4.92 Å². The highest BCUT2D eigenvalue weighted by molar-refractivity contribution is 7.89. The highest BCUT2D eigenvalue weighted by Crippen LogP contribution is 2.22. The highest BCUT2D eigenvalue weighted by atomic mass is 32.2. The van der Waals surface area contributed by atoms with Gasteiger partial charge in [0, 0.05) is 32.6 Å². The monoisotopic (exact) mass is 377 g/mol. The van der Waals surface area contributed by atoms with Gasteiger partial charge in [-0.3, -0.25) is 14.9 Å². The second-order valence-corrected chi connectivity index (χ2v) is 7.34. The fraction of sp³-hybridized carbons (Fsp3) is 0.235. The maximum absolute atomic E-state index is 12.3. The third-order valence-corrected chi connectivity index (χ3v) is 5.18. The Labute approximate surface area is 151 Å². The Morgan fingerprint density at radius 3 is 2.38 bits per heavy atom. The first-order valence-electron chi connectivity index (χ1n) is 7.82. The molecule has 0 aliphatic rings. The molecular formula is C17H19N3O5S. The lowest BCUT2D eigenvalue weighted by atomic mass is 10.2. The number of rotatable bonds is 8. The van der Waals surface area contributed by atoms with E-state index < -0.39 is 25.5 Å². The standard InChI is InChI=1S/C17H19N3O5S/c1-19(13-14-7-3-2-4-8-14)17(21)11-12-18-26(24,25)16-10-6-5-9-15(16)20(22)23/h2-10,18H,11-13H2,1H3. The van der Waals surface area contributed by atoms with Crippen LogP contribution in [-0.2, 0) is 21.4 Å². The van der Waals surface area contributed by atoms with E-state index in [0.717, 1.165) is 17.7 Å². The Morgan fingerprint density at radius 2 is 1.73 bits per heavy atom. The Bertz CT molecular complexity index is 884. The fourth-order valence-corrected chi connectivity index (χ4v) is 3.54. The summed E-state index contributed by atoms with van der Waals surface area (Å²) in [6.07, 6.45) is -0.0524. The van der Waals surface area contributed by atoms with Crippen LogP contribution < -0.4 is 4.72 Å². The van der Waals surface area contributed by atoms with E-state index in [1.807, 2.05) is 30.3 Å². The summed E-state index contributed by atoms with van der Waals surface area (Å²) in [6, 6.07) is 14.5. The van der Waals surface area contributed by atoms with Crippen LogP contribution in [0.25, 0.3) is 0 Å². The van der Waals surface area contributed by atoms with Crippen molar-refractivity contribution in [3.05, 3.63) is 70.3 Å². The molecule has 2 aromatic carbocycles. The summed E-state index contributed by atoms with van der Waals surface area (Å²) in [5.41, 5.74) is 0.455. The van der Waals surface area contributed by atoms with Gasteiger partial charge in [0.1, 0.15) is 0 Å². The van der Waals surface area contributed by atoms with Crippen LogP contribution in [0, 0.1) is 10.1 Å². The number of nitro groups is 1. The number of carbonyl (C=O) groups excluding carboxylic acids is 1. The minimum Gasteiger partial charge on any atom is -0.341 e. The molecule has 0 aliphatic heterocycles. The number of carbonyl (C=O) groups is 1. The molecule has 0 heterocycles. The molecule has 0 spiro atoms. The van der Waals surface area contributed by atoms with Crippen molar-refractivity contribution in [3.63, 3.8) is 0 Å². The largest absolute Gasteiger partial charge is 0.341 e. The van der Waals surface area contributed by atoms with Crippen molar-refractivity contribution >= 4 is 21.6 Å². The number of sulfonamides is 1. The molecule has 138 valence electrons. The molecule has 8 nitrogen and oxygen atoms in total. The van der Waals surface area contributed by atoms with Gasteiger partial charge in [-0.25, -0.2) is 13.1 Å². The molecule has 2 rings (SSSR count). The number of amides is 1. The van der Waals surface area contributed by atoms with Crippen LogP contribution >= 0.6 is 0 Å². The van der Waals surface area contributed by atoms with Crippen molar-refractivity contribution in [1.82, 2.24) is 9.62 Å². The zero-order valence-electron chi connectivity index (χ0n) is 14.2. The van der Waals surface area contributed by atoms with E-state index in [1.165, 1.54) is 17.0 Å². The summed E-state index contributed by atoms with van der Waals surface area (Å²) in [4.78, 5) is 23.4. The Morgan fingerprint density at radius 1 is 1.12 bits per heavy atom. The second-order valence-electron chi connectivity index (χ2n) is 5.61. The average molecular weight is 377 g/mol. The third-order valence-electron chi connectivity index (χ3n) is 3.67. The molecule has 0 radical (unpaired) electrons. The number of nitrogens with one attached hydrogen (secondary N) is 1. The SMILES string of the molecule is CN(Cc1ccccc1)C(=O)CCNS(=O)(=O)c1ccccc1[N+](=O)[O-]. The quantitative estimate of drug-likeness (QED) is 0.558. The lowest BCUT2D eigenvalue weighted by Crippen LogP contribution is -2.32. The molecule has 0 aromatic heterocycles. The van der Waals surface area contributed by atoms with E-state index in [-0.39, 0.29) is 18.9 Å².